The molecule has 1 aliphatic heterocycles. The zero-order chi connectivity index (χ0) is 30.1. The van der Waals surface area contributed by atoms with Gasteiger partial charge in [-0.1, -0.05) is 0 Å². The number of phenolic OH excluding ortho intramolecular Hbond substituents is 1. The van der Waals surface area contributed by atoms with Crippen LogP contribution < -0.4 is 15.6 Å². The number of halogens is 1. The Hall–Kier alpha value is -4.94. The fourth-order valence-corrected chi connectivity index (χ4v) is 5.10. The van der Waals surface area contributed by atoms with E-state index in [9.17, 15) is 34.2 Å². The van der Waals surface area contributed by atoms with Crippen molar-refractivity contribution in [3.63, 3.8) is 0 Å². The first-order chi connectivity index (χ1) is 20.1. The molecule has 3 N–H and O–H groups in total. The minimum absolute atomic E-state index is 0.0183. The van der Waals surface area contributed by atoms with Crippen molar-refractivity contribution in [3.8, 4) is 5.75 Å². The van der Waals surface area contributed by atoms with Crippen molar-refractivity contribution >= 4 is 46.0 Å². The van der Waals surface area contributed by atoms with Crippen LogP contribution in [0.25, 0.3) is 10.9 Å². The highest BCUT2D eigenvalue weighted by Crippen LogP contribution is 2.38. The minimum Gasteiger partial charge on any atom is -0.507 e. The normalized spacial score (nSPS) is 15.0. The van der Waals surface area contributed by atoms with E-state index in [1.54, 1.807) is 20.4 Å². The number of aromatic carboxylic acids is 1. The molecule has 42 heavy (non-hydrogen) atoms. The number of esters is 1. The molecule has 1 aliphatic carbocycles. The molecule has 3 aromatic rings. The molecule has 0 spiro atoms. The number of aromatic hydroxyl groups is 1. The lowest BCUT2D eigenvalue weighted by Crippen LogP contribution is -2.49. The number of carbonyl (C=O) groups is 4. The number of aromatic nitrogens is 1. The number of fused-ring (bicyclic) bond motifs is 1. The molecule has 2 amide bonds. The first-order valence-corrected chi connectivity index (χ1v) is 13.4. The van der Waals surface area contributed by atoms with E-state index >= 15 is 4.39 Å². The Balaban J connectivity index is 1.20. The van der Waals surface area contributed by atoms with Crippen LogP contribution in [0, 0.1) is 5.82 Å². The smallest absolute Gasteiger partial charge is 0.341 e. The number of methoxy groups -OCH3 is 1. The van der Waals surface area contributed by atoms with Crippen molar-refractivity contribution in [2.24, 2.45) is 0 Å². The lowest BCUT2D eigenvalue weighted by molar-refractivity contribution is -0.133. The summed E-state index contributed by atoms with van der Waals surface area (Å²) in [7, 11) is 1.18. The number of nitrogens with zero attached hydrogens (tertiary/aromatic N) is 3. The topological polar surface area (TPSA) is 158 Å². The van der Waals surface area contributed by atoms with Crippen LogP contribution in [-0.2, 0) is 14.3 Å². The van der Waals surface area contributed by atoms with E-state index < -0.39 is 34.7 Å². The summed E-state index contributed by atoms with van der Waals surface area (Å²) >= 11 is 0. The fourth-order valence-electron chi connectivity index (χ4n) is 5.10. The number of phenols is 1. The standard InChI is InChI=1S/C29H29FN4O8/c1-42-29(41)18-5-2-16(12-24(18)35)31-25(36)6-7-26(37)33-10-8-32(9-11-33)23-14-22-19(13-21(23)30)27(38)20(28(39)40)15-34(22)17-3-4-17/h2,5,12-15,17,35H,3-4,6-11H2,1H3,(H,31,36)(H,39,40). The molecule has 5 rings (SSSR count). The number of hydrogen-bond donors (Lipinski definition) is 3. The van der Waals surface area contributed by atoms with E-state index in [1.807, 2.05) is 0 Å². The van der Waals surface area contributed by atoms with E-state index in [0.29, 0.717) is 31.7 Å². The SMILES string of the molecule is COC(=O)c1ccc(NC(=O)CCC(=O)N2CCN(c3cc4c(cc3F)c(=O)c(C(=O)O)cn4C3CC3)CC2)cc1O. The molecule has 2 fully saturated rings. The number of carboxylic acids is 1. The van der Waals surface area contributed by atoms with Crippen LogP contribution in [0.4, 0.5) is 15.8 Å². The first kappa shape index (κ1) is 28.6. The number of rotatable bonds is 8. The second-order valence-electron chi connectivity index (χ2n) is 10.3. The lowest BCUT2D eigenvalue weighted by Gasteiger charge is -2.36. The summed E-state index contributed by atoms with van der Waals surface area (Å²) in [6.45, 7) is 1.25. The summed E-state index contributed by atoms with van der Waals surface area (Å²) in [5, 5.41) is 22.0. The molecular formula is C29H29FN4O8. The van der Waals surface area contributed by atoms with Gasteiger partial charge in [-0.2, -0.15) is 0 Å². The predicted octanol–water partition coefficient (Wildman–Crippen LogP) is 2.73. The summed E-state index contributed by atoms with van der Waals surface area (Å²) in [6.07, 6.45) is 2.86. The van der Waals surface area contributed by atoms with E-state index in [0.717, 1.165) is 18.9 Å². The number of carbonyl (C=O) groups excluding carboxylic acids is 3. The Morgan fingerprint density at radius 2 is 1.74 bits per heavy atom. The number of carboxylic acid groups (broad SMARTS) is 1. The second kappa shape index (κ2) is 11.5. The average Bonchev–Trinajstić information content (AvgIpc) is 3.81. The molecule has 1 aromatic heterocycles. The van der Waals surface area contributed by atoms with Gasteiger partial charge in [0.05, 0.1) is 18.3 Å². The summed E-state index contributed by atoms with van der Waals surface area (Å²) in [5.41, 5.74) is -0.159. The Labute approximate surface area is 238 Å². The number of anilines is 2. The van der Waals surface area contributed by atoms with Gasteiger partial charge in [-0.05, 0) is 37.1 Å². The van der Waals surface area contributed by atoms with Crippen molar-refractivity contribution < 1.29 is 38.5 Å². The molecule has 2 aromatic carbocycles. The molecule has 13 heteroatoms. The van der Waals surface area contributed by atoms with Gasteiger partial charge in [0, 0.05) is 68.4 Å². The van der Waals surface area contributed by atoms with Crippen LogP contribution in [0.15, 0.2) is 41.3 Å². The zero-order valence-corrected chi connectivity index (χ0v) is 22.8. The quantitative estimate of drug-likeness (QED) is 0.341. The number of hydrogen-bond acceptors (Lipinski definition) is 8. The van der Waals surface area contributed by atoms with Gasteiger partial charge in [0.25, 0.3) is 0 Å². The molecule has 1 saturated carbocycles. The van der Waals surface area contributed by atoms with Crippen LogP contribution in [0.1, 0.15) is 52.4 Å². The highest BCUT2D eigenvalue weighted by atomic mass is 19.1. The molecule has 0 unspecified atom stereocenters. The first-order valence-electron chi connectivity index (χ1n) is 13.4. The highest BCUT2D eigenvalue weighted by Gasteiger charge is 2.29. The molecular weight excluding hydrogens is 551 g/mol. The largest absolute Gasteiger partial charge is 0.507 e. The highest BCUT2D eigenvalue weighted by molar-refractivity contribution is 5.96. The molecule has 2 heterocycles. The van der Waals surface area contributed by atoms with Crippen LogP contribution in [0.2, 0.25) is 0 Å². The van der Waals surface area contributed by atoms with Crippen molar-refractivity contribution in [2.75, 3.05) is 43.5 Å². The molecule has 0 bridgehead atoms. The zero-order valence-electron chi connectivity index (χ0n) is 22.8. The number of pyridine rings is 1. The Bertz CT molecular complexity index is 1660. The third-order valence-corrected chi connectivity index (χ3v) is 7.50. The number of ether oxygens (including phenoxy) is 1. The van der Waals surface area contributed by atoms with Gasteiger partial charge in [-0.3, -0.25) is 14.4 Å². The van der Waals surface area contributed by atoms with Gasteiger partial charge in [0.15, 0.2) is 0 Å². The Morgan fingerprint density at radius 3 is 2.36 bits per heavy atom. The monoisotopic (exact) mass is 580 g/mol. The molecule has 2 aliphatic rings. The summed E-state index contributed by atoms with van der Waals surface area (Å²) in [4.78, 5) is 64.4. The minimum atomic E-state index is -1.35. The van der Waals surface area contributed by atoms with Gasteiger partial charge in [0.2, 0.25) is 17.2 Å². The van der Waals surface area contributed by atoms with Gasteiger partial charge in [-0.15, -0.1) is 0 Å². The molecule has 12 nitrogen and oxygen atoms in total. The van der Waals surface area contributed by atoms with Crippen molar-refractivity contribution in [1.82, 2.24) is 9.47 Å². The second-order valence-corrected chi connectivity index (χ2v) is 10.3. The van der Waals surface area contributed by atoms with Crippen molar-refractivity contribution in [3.05, 3.63) is 63.7 Å². The van der Waals surface area contributed by atoms with E-state index in [-0.39, 0.29) is 52.9 Å². The predicted molar refractivity (Wildman–Crippen MR) is 149 cm³/mol. The number of piperazine rings is 1. The fraction of sp³-hybridized carbons (Fsp3) is 0.345. The summed E-state index contributed by atoms with van der Waals surface area (Å²) in [6, 6.07) is 6.70. The lowest BCUT2D eigenvalue weighted by atomic mass is 10.1. The van der Waals surface area contributed by atoms with Crippen LogP contribution in [0.5, 0.6) is 5.75 Å². The maximum absolute atomic E-state index is 15.2. The number of amides is 2. The van der Waals surface area contributed by atoms with Crippen LogP contribution in [0.3, 0.4) is 0 Å². The molecule has 0 radical (unpaired) electrons. The van der Waals surface area contributed by atoms with Gasteiger partial charge in [-0.25, -0.2) is 14.0 Å². The van der Waals surface area contributed by atoms with Crippen LogP contribution >= 0.6 is 0 Å². The third kappa shape index (κ3) is 5.76. The molecule has 220 valence electrons. The van der Waals surface area contributed by atoms with E-state index in [4.69, 9.17) is 0 Å². The Morgan fingerprint density at radius 1 is 1.02 bits per heavy atom. The van der Waals surface area contributed by atoms with Crippen molar-refractivity contribution in [1.29, 1.82) is 0 Å². The van der Waals surface area contributed by atoms with E-state index in [1.165, 1.54) is 31.5 Å². The van der Waals surface area contributed by atoms with Crippen LogP contribution in [-0.4, -0.2) is 76.7 Å². The number of benzene rings is 2. The maximum atomic E-state index is 15.2. The molecule has 0 atom stereocenters. The third-order valence-electron chi connectivity index (χ3n) is 7.50. The number of nitrogens with one attached hydrogen (secondary N) is 1. The average molecular weight is 581 g/mol. The summed E-state index contributed by atoms with van der Waals surface area (Å²) < 4.78 is 21.5. The Kier molecular flexibility index (Phi) is 7.83. The maximum Gasteiger partial charge on any atom is 0.341 e. The van der Waals surface area contributed by atoms with Gasteiger partial charge >= 0.3 is 11.9 Å². The summed E-state index contributed by atoms with van der Waals surface area (Å²) in [5.74, 6) is -3.75. The van der Waals surface area contributed by atoms with E-state index in [2.05, 4.69) is 10.1 Å². The van der Waals surface area contributed by atoms with Gasteiger partial charge in [0.1, 0.15) is 22.7 Å². The van der Waals surface area contributed by atoms with Crippen molar-refractivity contribution in [2.45, 2.75) is 31.7 Å². The molecule has 1 saturated heterocycles. The van der Waals surface area contributed by atoms with Gasteiger partial charge < -0.3 is 34.6 Å².